The van der Waals surface area contributed by atoms with Gasteiger partial charge in [-0.25, -0.2) is 0 Å². The third kappa shape index (κ3) is 4.31. The maximum atomic E-state index is 4.99. The van der Waals surface area contributed by atoms with Crippen LogP contribution in [0.5, 0.6) is 0 Å². The van der Waals surface area contributed by atoms with E-state index in [0.717, 1.165) is 13.1 Å². The quantitative estimate of drug-likeness (QED) is 0.762. The molecule has 1 saturated carbocycles. The summed E-state index contributed by atoms with van der Waals surface area (Å²) in [4.78, 5) is 2.27. The van der Waals surface area contributed by atoms with Crippen molar-refractivity contribution in [2.24, 2.45) is 5.10 Å². The molecule has 25 heavy (non-hydrogen) atoms. The largest absolute Gasteiger partial charge is 0.377 e. The molecule has 4 nitrogen and oxygen atoms in total. The maximum Gasteiger partial charge on any atom is 0.156 e. The summed E-state index contributed by atoms with van der Waals surface area (Å²) in [7, 11) is 4.29. The van der Waals surface area contributed by atoms with Crippen molar-refractivity contribution >= 4 is 6.21 Å². The van der Waals surface area contributed by atoms with E-state index < -0.39 is 0 Å². The highest BCUT2D eigenvalue weighted by atomic mass is 15.6. The van der Waals surface area contributed by atoms with E-state index in [1.54, 1.807) is 0 Å². The fraction of sp³-hybridized carbons (Fsp3) is 0.571. The molecule has 2 aliphatic rings. The van der Waals surface area contributed by atoms with Crippen LogP contribution in [0, 0.1) is 0 Å². The number of hydrogen-bond acceptors (Lipinski definition) is 3. The van der Waals surface area contributed by atoms with Crippen LogP contribution in [0.2, 0.25) is 0 Å². The number of allylic oxidation sites excluding steroid dienone is 1. The van der Waals surface area contributed by atoms with Gasteiger partial charge in [0.05, 0.1) is 6.54 Å². The molecular weight excluding hydrogens is 308 g/mol. The van der Waals surface area contributed by atoms with Crippen molar-refractivity contribution in [3.63, 3.8) is 0 Å². The molecule has 136 valence electrons. The number of hydrogen-bond donors (Lipinski definition) is 1. The number of likely N-dealkylation sites (N-methyl/N-ethyl adjacent to an activating group) is 2. The molecular formula is C21H33N4+. The molecule has 2 unspecified atom stereocenters. The average Bonchev–Trinajstić information content (AvgIpc) is 3.05. The number of rotatable bonds is 7. The molecule has 0 saturated heterocycles. The standard InChI is InChI=1S/C21H33N4/c1-4-25(21(16-24(2)3)18-11-7-5-8-12-18)17-20(15-22-25)23-19-13-9-6-10-14-19/h5,7-8,11-12,15,17,19,21,23H,4,6,9-10,13-14,16H2,1-3H3/q+1. The molecule has 0 aromatic heterocycles. The van der Waals surface area contributed by atoms with Crippen LogP contribution < -0.4 is 5.32 Å². The Kier molecular flexibility index (Phi) is 5.92. The zero-order valence-corrected chi connectivity index (χ0v) is 16.0. The molecule has 1 aliphatic carbocycles. The lowest BCUT2D eigenvalue weighted by Crippen LogP contribution is -2.44. The van der Waals surface area contributed by atoms with Crippen molar-refractivity contribution in [1.29, 1.82) is 0 Å². The Balaban J connectivity index is 1.83. The molecule has 1 fully saturated rings. The SMILES string of the molecule is CC[N+]1(C(CN(C)C)c2ccccc2)C=C(NC2CCCCC2)C=N1. The Bertz CT molecular complexity index is 602. The molecule has 1 aliphatic heterocycles. The lowest BCUT2D eigenvalue weighted by atomic mass is 9.95. The van der Waals surface area contributed by atoms with Crippen LogP contribution in [-0.2, 0) is 0 Å². The van der Waals surface area contributed by atoms with Crippen LogP contribution in [0.3, 0.4) is 0 Å². The van der Waals surface area contributed by atoms with Gasteiger partial charge in [0.2, 0.25) is 0 Å². The van der Waals surface area contributed by atoms with Gasteiger partial charge < -0.3 is 10.2 Å². The smallest absolute Gasteiger partial charge is 0.156 e. The molecule has 1 N–H and O–H groups in total. The van der Waals surface area contributed by atoms with Gasteiger partial charge >= 0.3 is 0 Å². The Morgan fingerprint density at radius 2 is 1.88 bits per heavy atom. The van der Waals surface area contributed by atoms with E-state index in [-0.39, 0.29) is 0 Å². The van der Waals surface area contributed by atoms with Gasteiger partial charge in [0, 0.05) is 11.6 Å². The summed E-state index contributed by atoms with van der Waals surface area (Å²) in [6, 6.07) is 11.8. The molecule has 1 heterocycles. The lowest BCUT2D eigenvalue weighted by molar-refractivity contribution is -0.912. The summed E-state index contributed by atoms with van der Waals surface area (Å²) >= 11 is 0. The average molecular weight is 342 g/mol. The molecule has 1 aromatic rings. The van der Waals surface area contributed by atoms with Crippen molar-refractivity contribution < 1.29 is 4.59 Å². The van der Waals surface area contributed by atoms with Crippen LogP contribution in [0.4, 0.5) is 0 Å². The Morgan fingerprint density at radius 1 is 1.16 bits per heavy atom. The van der Waals surface area contributed by atoms with Crippen LogP contribution in [0.15, 0.2) is 47.3 Å². The molecule has 2 atom stereocenters. The number of nitrogens with zero attached hydrogens (tertiary/aromatic N) is 3. The summed E-state index contributed by atoms with van der Waals surface area (Å²) in [6.45, 7) is 4.17. The molecule has 3 rings (SSSR count). The highest BCUT2D eigenvalue weighted by molar-refractivity contribution is 5.78. The first kappa shape index (κ1) is 18.2. The molecule has 4 heteroatoms. The molecule has 1 aromatic carbocycles. The molecule has 0 bridgehead atoms. The van der Waals surface area contributed by atoms with Gasteiger partial charge in [-0.3, -0.25) is 0 Å². The highest BCUT2D eigenvalue weighted by Crippen LogP contribution is 2.34. The number of nitrogens with one attached hydrogen (secondary N) is 1. The Labute approximate surface area is 152 Å². The third-order valence-corrected chi connectivity index (χ3v) is 5.52. The second kappa shape index (κ2) is 8.15. The van der Waals surface area contributed by atoms with Crippen LogP contribution in [-0.4, -0.2) is 48.9 Å². The van der Waals surface area contributed by atoms with Crippen LogP contribution in [0.1, 0.15) is 50.6 Å². The minimum atomic E-state index is 0.308. The minimum absolute atomic E-state index is 0.308. The predicted octanol–water partition coefficient (Wildman–Crippen LogP) is 3.89. The van der Waals surface area contributed by atoms with E-state index in [1.807, 2.05) is 0 Å². The van der Waals surface area contributed by atoms with Gasteiger partial charge in [-0.1, -0.05) is 54.7 Å². The first-order valence-corrected chi connectivity index (χ1v) is 9.75. The van der Waals surface area contributed by atoms with E-state index in [4.69, 9.17) is 5.10 Å². The van der Waals surface area contributed by atoms with Gasteiger partial charge in [0.25, 0.3) is 0 Å². The summed E-state index contributed by atoms with van der Waals surface area (Å²) in [5, 5.41) is 8.74. The highest BCUT2D eigenvalue weighted by Gasteiger charge is 2.39. The van der Waals surface area contributed by atoms with Crippen molar-refractivity contribution in [3.8, 4) is 0 Å². The predicted molar refractivity (Wildman–Crippen MR) is 105 cm³/mol. The molecule has 0 radical (unpaired) electrons. The number of quaternary nitrogens is 1. The molecule has 0 amide bonds. The second-order valence-corrected chi connectivity index (χ2v) is 7.70. The second-order valence-electron chi connectivity index (χ2n) is 7.70. The van der Waals surface area contributed by atoms with Gasteiger partial charge in [-0.2, -0.15) is 4.59 Å². The molecule has 0 spiro atoms. The van der Waals surface area contributed by atoms with E-state index in [9.17, 15) is 0 Å². The van der Waals surface area contributed by atoms with Crippen LogP contribution >= 0.6 is 0 Å². The Hall–Kier alpha value is -1.65. The van der Waals surface area contributed by atoms with Gasteiger partial charge in [-0.15, -0.1) is 0 Å². The fourth-order valence-corrected chi connectivity index (χ4v) is 4.12. The fourth-order valence-electron chi connectivity index (χ4n) is 4.12. The summed E-state index contributed by atoms with van der Waals surface area (Å²) in [5.41, 5.74) is 2.55. The Morgan fingerprint density at radius 3 is 2.52 bits per heavy atom. The van der Waals surface area contributed by atoms with E-state index >= 15 is 0 Å². The van der Waals surface area contributed by atoms with Gasteiger partial charge in [0.1, 0.15) is 24.7 Å². The first-order valence-electron chi connectivity index (χ1n) is 9.75. The van der Waals surface area contributed by atoms with Crippen molar-refractivity contribution in [3.05, 3.63) is 47.8 Å². The van der Waals surface area contributed by atoms with Gasteiger partial charge in [-0.05, 0) is 33.9 Å². The lowest BCUT2D eigenvalue weighted by Gasteiger charge is -2.35. The summed E-state index contributed by atoms with van der Waals surface area (Å²) in [6.07, 6.45) is 11.1. The van der Waals surface area contributed by atoms with Crippen molar-refractivity contribution in [2.45, 2.75) is 51.1 Å². The maximum absolute atomic E-state index is 4.99. The zero-order valence-electron chi connectivity index (χ0n) is 16.0. The van der Waals surface area contributed by atoms with E-state index in [0.29, 0.717) is 16.7 Å². The van der Waals surface area contributed by atoms with Crippen molar-refractivity contribution in [2.75, 3.05) is 27.2 Å². The van der Waals surface area contributed by atoms with E-state index in [1.165, 1.54) is 43.4 Å². The number of benzene rings is 1. The van der Waals surface area contributed by atoms with E-state index in [2.05, 4.69) is 74.0 Å². The normalized spacial score (nSPS) is 25.2. The third-order valence-electron chi connectivity index (χ3n) is 5.52. The topological polar surface area (TPSA) is 27.6 Å². The summed E-state index contributed by atoms with van der Waals surface area (Å²) in [5.74, 6) is 0. The van der Waals surface area contributed by atoms with Crippen molar-refractivity contribution in [1.82, 2.24) is 10.2 Å². The first-order chi connectivity index (χ1) is 12.1. The monoisotopic (exact) mass is 341 g/mol. The zero-order chi connectivity index (χ0) is 17.7. The minimum Gasteiger partial charge on any atom is -0.377 e. The van der Waals surface area contributed by atoms with Crippen LogP contribution in [0.25, 0.3) is 0 Å². The van der Waals surface area contributed by atoms with Gasteiger partial charge in [0.15, 0.2) is 6.04 Å². The summed E-state index contributed by atoms with van der Waals surface area (Å²) < 4.78 is 0.650.